The van der Waals surface area contributed by atoms with Crippen molar-refractivity contribution in [1.29, 1.82) is 0 Å². The molecule has 0 aliphatic carbocycles. The predicted molar refractivity (Wildman–Crippen MR) is 78.5 cm³/mol. The van der Waals surface area contributed by atoms with Crippen LogP contribution >= 0.6 is 27.3 Å². The molecule has 0 saturated carbocycles. The molecule has 0 spiro atoms. The van der Waals surface area contributed by atoms with Crippen molar-refractivity contribution in [2.24, 2.45) is 0 Å². The summed E-state index contributed by atoms with van der Waals surface area (Å²) in [5, 5.41) is 4.59. The number of aromatic nitrogens is 1. The Morgan fingerprint density at radius 2 is 2.22 bits per heavy atom. The van der Waals surface area contributed by atoms with Gasteiger partial charge in [0.1, 0.15) is 5.69 Å². The molecule has 0 bridgehead atoms. The Morgan fingerprint density at radius 1 is 1.44 bits per heavy atom. The topological polar surface area (TPSA) is 45.2 Å². The lowest BCUT2D eigenvalue weighted by atomic mass is 10.2. The highest BCUT2D eigenvalue weighted by molar-refractivity contribution is 9.10. The molecule has 94 valence electrons. The number of nitrogens with one attached hydrogen (secondary N) is 1. The van der Waals surface area contributed by atoms with Crippen molar-refractivity contribution in [2.45, 2.75) is 0 Å². The van der Waals surface area contributed by atoms with Crippen molar-refractivity contribution in [3.63, 3.8) is 0 Å². The first-order chi connectivity index (χ1) is 8.58. The Morgan fingerprint density at radius 3 is 2.83 bits per heavy atom. The molecule has 0 radical (unpaired) electrons. The summed E-state index contributed by atoms with van der Waals surface area (Å²) < 4.78 is 0.918. The van der Waals surface area contributed by atoms with Gasteiger partial charge >= 0.3 is 0 Å². The van der Waals surface area contributed by atoms with E-state index >= 15 is 0 Å². The third-order valence-electron chi connectivity index (χ3n) is 2.35. The molecule has 1 aromatic carbocycles. The molecule has 6 heteroatoms. The third kappa shape index (κ3) is 2.88. The summed E-state index contributed by atoms with van der Waals surface area (Å²) in [4.78, 5) is 17.9. The normalized spacial score (nSPS) is 10.2. The van der Waals surface area contributed by atoms with Crippen LogP contribution in [0.5, 0.6) is 0 Å². The summed E-state index contributed by atoms with van der Waals surface area (Å²) in [5.41, 5.74) is 3.78. The second-order valence-corrected chi connectivity index (χ2v) is 5.52. The van der Waals surface area contributed by atoms with Gasteiger partial charge in [-0.05, 0) is 18.2 Å². The Hall–Kier alpha value is -1.40. The number of carbonyl (C=O) groups is 1. The molecular formula is C12H12BrN3OS. The maximum Gasteiger partial charge on any atom is 0.275 e. The molecule has 0 saturated heterocycles. The van der Waals surface area contributed by atoms with Crippen LogP contribution in [-0.2, 0) is 0 Å². The minimum atomic E-state index is -0.197. The maximum absolute atomic E-state index is 12.0. The van der Waals surface area contributed by atoms with E-state index in [4.69, 9.17) is 0 Å². The Labute approximate surface area is 118 Å². The van der Waals surface area contributed by atoms with E-state index in [0.717, 1.165) is 15.8 Å². The molecule has 1 N–H and O–H groups in total. The van der Waals surface area contributed by atoms with E-state index in [2.05, 4.69) is 26.2 Å². The van der Waals surface area contributed by atoms with E-state index in [-0.39, 0.29) is 5.91 Å². The average Bonchev–Trinajstić information content (AvgIpc) is 2.81. The molecule has 2 aromatic rings. The lowest BCUT2D eigenvalue weighted by Gasteiger charge is -2.17. The summed E-state index contributed by atoms with van der Waals surface area (Å²) in [7, 11) is 3.86. The number of nitrogens with zero attached hydrogens (tertiary/aromatic N) is 2. The molecule has 0 aliphatic rings. The zero-order valence-electron chi connectivity index (χ0n) is 9.98. The first-order valence-electron chi connectivity index (χ1n) is 5.24. The van der Waals surface area contributed by atoms with Gasteiger partial charge in [-0.1, -0.05) is 15.9 Å². The van der Waals surface area contributed by atoms with Gasteiger partial charge in [0.15, 0.2) is 0 Å². The number of benzene rings is 1. The number of thiazole rings is 1. The summed E-state index contributed by atoms with van der Waals surface area (Å²) in [6, 6.07) is 5.76. The van der Waals surface area contributed by atoms with E-state index < -0.39 is 0 Å². The van der Waals surface area contributed by atoms with Gasteiger partial charge in [-0.25, -0.2) is 4.98 Å². The fourth-order valence-electron chi connectivity index (χ4n) is 1.51. The standard InChI is InChI=1S/C12H12BrN3OS/c1-16(2)11-4-3-8(13)5-9(11)15-12(17)10-6-18-7-14-10/h3-7H,1-2H3,(H,15,17). The number of amides is 1. The maximum atomic E-state index is 12.0. The molecule has 1 heterocycles. The summed E-state index contributed by atoms with van der Waals surface area (Å²) in [6.45, 7) is 0. The van der Waals surface area contributed by atoms with Crippen molar-refractivity contribution in [3.05, 3.63) is 39.3 Å². The zero-order chi connectivity index (χ0) is 13.1. The summed E-state index contributed by atoms with van der Waals surface area (Å²) >= 11 is 4.80. The van der Waals surface area contributed by atoms with Crippen LogP contribution in [0.25, 0.3) is 0 Å². The molecule has 1 aromatic heterocycles. The van der Waals surface area contributed by atoms with Crippen LogP contribution in [0.2, 0.25) is 0 Å². The van der Waals surface area contributed by atoms with E-state index in [0.29, 0.717) is 5.69 Å². The number of anilines is 2. The molecule has 0 atom stereocenters. The fourth-order valence-corrected chi connectivity index (χ4v) is 2.40. The lowest BCUT2D eigenvalue weighted by molar-refractivity contribution is 0.102. The number of rotatable bonds is 3. The van der Waals surface area contributed by atoms with E-state index in [9.17, 15) is 4.79 Å². The Kier molecular flexibility index (Phi) is 3.98. The second-order valence-electron chi connectivity index (χ2n) is 3.88. The fraction of sp³-hybridized carbons (Fsp3) is 0.167. The molecule has 2 rings (SSSR count). The van der Waals surface area contributed by atoms with Gasteiger partial charge in [-0.15, -0.1) is 11.3 Å². The lowest BCUT2D eigenvalue weighted by Crippen LogP contribution is -2.16. The largest absolute Gasteiger partial charge is 0.376 e. The molecule has 1 amide bonds. The van der Waals surface area contributed by atoms with Crippen LogP contribution < -0.4 is 10.2 Å². The smallest absolute Gasteiger partial charge is 0.275 e. The van der Waals surface area contributed by atoms with Crippen molar-refractivity contribution in [2.75, 3.05) is 24.3 Å². The quantitative estimate of drug-likeness (QED) is 0.942. The molecule has 0 aliphatic heterocycles. The van der Waals surface area contributed by atoms with Crippen LogP contribution in [-0.4, -0.2) is 25.0 Å². The van der Waals surface area contributed by atoms with Crippen LogP contribution in [0, 0.1) is 0 Å². The van der Waals surface area contributed by atoms with Gasteiger partial charge in [0.05, 0.1) is 16.9 Å². The van der Waals surface area contributed by atoms with Gasteiger partial charge in [-0.3, -0.25) is 4.79 Å². The van der Waals surface area contributed by atoms with E-state index in [1.165, 1.54) is 11.3 Å². The van der Waals surface area contributed by atoms with Crippen LogP contribution in [0.15, 0.2) is 33.6 Å². The Balaban J connectivity index is 2.28. The van der Waals surface area contributed by atoms with E-state index in [1.807, 2.05) is 37.2 Å². The molecule has 18 heavy (non-hydrogen) atoms. The molecule has 4 nitrogen and oxygen atoms in total. The molecular weight excluding hydrogens is 314 g/mol. The van der Waals surface area contributed by atoms with Crippen LogP contribution in [0.4, 0.5) is 11.4 Å². The van der Waals surface area contributed by atoms with Gasteiger partial charge in [-0.2, -0.15) is 0 Å². The van der Waals surface area contributed by atoms with E-state index in [1.54, 1.807) is 10.9 Å². The number of carbonyl (C=O) groups excluding carboxylic acids is 1. The first kappa shape index (κ1) is 13.0. The molecule has 0 unspecified atom stereocenters. The Bertz CT molecular complexity index is 554. The van der Waals surface area contributed by atoms with Crippen LogP contribution in [0.1, 0.15) is 10.5 Å². The summed E-state index contributed by atoms with van der Waals surface area (Å²) in [5.74, 6) is -0.197. The highest BCUT2D eigenvalue weighted by atomic mass is 79.9. The van der Waals surface area contributed by atoms with Crippen molar-refractivity contribution in [3.8, 4) is 0 Å². The van der Waals surface area contributed by atoms with Gasteiger partial charge in [0.25, 0.3) is 5.91 Å². The highest BCUT2D eigenvalue weighted by Crippen LogP contribution is 2.28. The number of hydrogen-bond acceptors (Lipinski definition) is 4. The summed E-state index contributed by atoms with van der Waals surface area (Å²) in [6.07, 6.45) is 0. The minimum absolute atomic E-state index is 0.197. The van der Waals surface area contributed by atoms with Crippen molar-refractivity contribution < 1.29 is 4.79 Å². The molecule has 0 fully saturated rings. The third-order valence-corrected chi connectivity index (χ3v) is 3.43. The minimum Gasteiger partial charge on any atom is -0.376 e. The number of hydrogen-bond donors (Lipinski definition) is 1. The monoisotopic (exact) mass is 325 g/mol. The van der Waals surface area contributed by atoms with Gasteiger partial charge in [0, 0.05) is 23.9 Å². The van der Waals surface area contributed by atoms with Crippen molar-refractivity contribution in [1.82, 2.24) is 4.98 Å². The second kappa shape index (κ2) is 5.49. The SMILES string of the molecule is CN(C)c1ccc(Br)cc1NC(=O)c1cscn1. The first-order valence-corrected chi connectivity index (χ1v) is 6.98. The zero-order valence-corrected chi connectivity index (χ0v) is 12.4. The number of halogens is 1. The van der Waals surface area contributed by atoms with Crippen molar-refractivity contribution >= 4 is 44.5 Å². The van der Waals surface area contributed by atoms with Crippen LogP contribution in [0.3, 0.4) is 0 Å². The van der Waals surface area contributed by atoms with Gasteiger partial charge < -0.3 is 10.2 Å². The van der Waals surface area contributed by atoms with Gasteiger partial charge in [0.2, 0.25) is 0 Å². The predicted octanol–water partition coefficient (Wildman–Crippen LogP) is 3.22. The average molecular weight is 326 g/mol. The highest BCUT2D eigenvalue weighted by Gasteiger charge is 2.12.